The molecule has 0 spiro atoms. The molecule has 5 N–H and O–H groups in total. The van der Waals surface area contributed by atoms with Crippen LogP contribution in [-0.4, -0.2) is 11.6 Å². The van der Waals surface area contributed by atoms with Crippen LogP contribution in [0.1, 0.15) is 20.3 Å². The molecule has 0 rings (SSSR count). The van der Waals surface area contributed by atoms with Gasteiger partial charge in [0.1, 0.15) is 11.6 Å². The van der Waals surface area contributed by atoms with Crippen LogP contribution in [0.3, 0.4) is 0 Å². The Labute approximate surface area is 65.8 Å². The highest BCUT2D eigenvalue weighted by Gasteiger charge is 2.09. The van der Waals surface area contributed by atoms with Crippen molar-refractivity contribution >= 4 is 11.6 Å². The summed E-state index contributed by atoms with van der Waals surface area (Å²) in [5.74, 6) is 10.3. The molecule has 0 bridgehead atoms. The predicted molar refractivity (Wildman–Crippen MR) is 43.4 cm³/mol. The van der Waals surface area contributed by atoms with Gasteiger partial charge in [-0.15, -0.1) is 0 Å². The largest absolute Gasteiger partial charge is 0.322 e. The number of hydrazine groups is 1. The molecule has 0 atom stereocenters. The summed E-state index contributed by atoms with van der Waals surface area (Å²) in [6.45, 7) is 3.62. The normalized spacial score (nSPS) is 11.8. The van der Waals surface area contributed by atoms with Gasteiger partial charge in [0.15, 0.2) is 0 Å². The topological polar surface area (TPSA) is 93.5 Å². The van der Waals surface area contributed by atoms with Crippen LogP contribution in [0.5, 0.6) is 0 Å². The molecule has 64 valence electrons. The number of hydrogen-bond donors (Lipinski definition) is 3. The maximum atomic E-state index is 11.0. The molecule has 0 heterocycles. The number of nitrogens with one attached hydrogen (secondary N) is 1. The lowest BCUT2D eigenvalue weighted by atomic mass is 10.1. The zero-order chi connectivity index (χ0) is 8.85. The Morgan fingerprint density at radius 3 is 2.45 bits per heavy atom. The first kappa shape index (κ1) is 9.90. The molecule has 0 aromatic carbocycles. The van der Waals surface area contributed by atoms with E-state index in [0.717, 1.165) is 0 Å². The highest BCUT2D eigenvalue weighted by Crippen LogP contribution is 1.97. The monoisotopic (exact) mass is 158 g/mol. The molecule has 0 aliphatic heterocycles. The standard InChI is InChI=1S/C6H14N4O/c1-4(2)5(11)3-6(9-7)10-8/h4H,3,7-8H2,1-2H3,(H,9,10). The van der Waals surface area contributed by atoms with E-state index in [0.29, 0.717) is 5.84 Å². The molecule has 0 unspecified atom stereocenters. The number of amidine groups is 1. The number of ketones is 1. The Bertz CT molecular complexity index is 164. The Morgan fingerprint density at radius 1 is 1.64 bits per heavy atom. The number of Topliss-reactive ketones (excluding diaryl/α,β-unsaturated/α-hetero) is 1. The number of hydrazone groups is 1. The Hall–Kier alpha value is -1.10. The second-order valence-electron chi connectivity index (χ2n) is 2.52. The molecule has 0 radical (unpaired) electrons. The molecule has 0 aromatic heterocycles. The summed E-state index contributed by atoms with van der Waals surface area (Å²) in [5, 5.41) is 3.29. The van der Waals surface area contributed by atoms with Crippen molar-refractivity contribution < 1.29 is 4.79 Å². The van der Waals surface area contributed by atoms with Crippen LogP contribution in [0, 0.1) is 5.92 Å². The van der Waals surface area contributed by atoms with Gasteiger partial charge in [0, 0.05) is 5.92 Å². The molecular weight excluding hydrogens is 144 g/mol. The van der Waals surface area contributed by atoms with Gasteiger partial charge < -0.3 is 11.3 Å². The maximum Gasteiger partial charge on any atom is 0.143 e. The summed E-state index contributed by atoms with van der Waals surface area (Å²) in [4.78, 5) is 11.0. The van der Waals surface area contributed by atoms with Crippen LogP contribution >= 0.6 is 0 Å². The van der Waals surface area contributed by atoms with Crippen LogP contribution in [0.4, 0.5) is 0 Å². The minimum Gasteiger partial charge on any atom is -0.322 e. The van der Waals surface area contributed by atoms with Crippen LogP contribution in [0.2, 0.25) is 0 Å². The fourth-order valence-electron chi connectivity index (χ4n) is 0.503. The molecule has 0 amide bonds. The van der Waals surface area contributed by atoms with Crippen molar-refractivity contribution in [3.8, 4) is 0 Å². The summed E-state index contributed by atoms with van der Waals surface area (Å²) in [6.07, 6.45) is 0.171. The van der Waals surface area contributed by atoms with E-state index in [1.807, 2.05) is 13.8 Å². The van der Waals surface area contributed by atoms with Gasteiger partial charge in [-0.25, -0.2) is 5.84 Å². The van der Waals surface area contributed by atoms with Crippen molar-refractivity contribution in [3.05, 3.63) is 0 Å². The zero-order valence-corrected chi connectivity index (χ0v) is 6.79. The van der Waals surface area contributed by atoms with Crippen LogP contribution in [0.15, 0.2) is 5.10 Å². The first-order chi connectivity index (χ1) is 5.11. The van der Waals surface area contributed by atoms with Crippen molar-refractivity contribution in [1.29, 1.82) is 0 Å². The molecular formula is C6H14N4O. The van der Waals surface area contributed by atoms with Crippen LogP contribution < -0.4 is 17.1 Å². The number of carbonyl (C=O) groups excluding carboxylic acids is 1. The summed E-state index contributed by atoms with van der Waals surface area (Å²) >= 11 is 0. The average Bonchev–Trinajstić information content (AvgIpc) is 1.99. The Morgan fingerprint density at radius 2 is 2.18 bits per heavy atom. The zero-order valence-electron chi connectivity index (χ0n) is 6.79. The van der Waals surface area contributed by atoms with E-state index in [2.05, 4.69) is 10.5 Å². The minimum atomic E-state index is -0.0138. The number of nitrogens with zero attached hydrogens (tertiary/aromatic N) is 1. The van der Waals surface area contributed by atoms with E-state index in [1.165, 1.54) is 0 Å². The second-order valence-corrected chi connectivity index (χ2v) is 2.52. The highest BCUT2D eigenvalue weighted by atomic mass is 16.1. The molecule has 0 saturated carbocycles. The van der Waals surface area contributed by atoms with E-state index in [4.69, 9.17) is 11.7 Å². The van der Waals surface area contributed by atoms with Crippen LogP contribution in [-0.2, 0) is 4.79 Å². The average molecular weight is 158 g/mol. The fraction of sp³-hybridized carbons (Fsp3) is 0.667. The Balaban J connectivity index is 3.93. The summed E-state index contributed by atoms with van der Waals surface area (Å²) in [5.41, 5.74) is 2.24. The summed E-state index contributed by atoms with van der Waals surface area (Å²) in [6, 6.07) is 0. The van der Waals surface area contributed by atoms with E-state index >= 15 is 0 Å². The number of nitrogens with two attached hydrogens (primary N) is 2. The van der Waals surface area contributed by atoms with Crippen molar-refractivity contribution in [2.24, 2.45) is 22.7 Å². The third kappa shape index (κ3) is 3.57. The molecule has 11 heavy (non-hydrogen) atoms. The van der Waals surface area contributed by atoms with Gasteiger partial charge in [-0.3, -0.25) is 4.79 Å². The van der Waals surface area contributed by atoms with Gasteiger partial charge in [-0.05, 0) is 0 Å². The molecule has 0 saturated heterocycles. The van der Waals surface area contributed by atoms with Crippen molar-refractivity contribution in [3.63, 3.8) is 0 Å². The molecule has 0 aromatic rings. The highest BCUT2D eigenvalue weighted by molar-refractivity contribution is 6.01. The molecule has 5 nitrogen and oxygen atoms in total. The molecule has 0 aliphatic rings. The first-order valence-corrected chi connectivity index (χ1v) is 3.38. The van der Waals surface area contributed by atoms with Crippen LogP contribution in [0.25, 0.3) is 0 Å². The number of rotatable bonds is 3. The third-order valence-electron chi connectivity index (χ3n) is 1.31. The lowest BCUT2D eigenvalue weighted by Crippen LogP contribution is -2.33. The van der Waals surface area contributed by atoms with E-state index in [-0.39, 0.29) is 18.1 Å². The van der Waals surface area contributed by atoms with E-state index in [1.54, 1.807) is 0 Å². The first-order valence-electron chi connectivity index (χ1n) is 3.38. The van der Waals surface area contributed by atoms with E-state index in [9.17, 15) is 4.79 Å². The van der Waals surface area contributed by atoms with Crippen molar-refractivity contribution in [2.45, 2.75) is 20.3 Å². The number of carbonyl (C=O) groups is 1. The molecule has 0 aliphatic carbocycles. The maximum absolute atomic E-state index is 11.0. The van der Waals surface area contributed by atoms with Crippen molar-refractivity contribution in [2.75, 3.05) is 0 Å². The van der Waals surface area contributed by atoms with Gasteiger partial charge in [-0.2, -0.15) is 5.10 Å². The third-order valence-corrected chi connectivity index (χ3v) is 1.31. The van der Waals surface area contributed by atoms with Gasteiger partial charge in [0.05, 0.1) is 6.42 Å². The van der Waals surface area contributed by atoms with E-state index < -0.39 is 0 Å². The SMILES string of the molecule is CC(C)C(=O)C/C(=N/N)NN. The van der Waals surface area contributed by atoms with Crippen molar-refractivity contribution in [1.82, 2.24) is 5.43 Å². The van der Waals surface area contributed by atoms with Gasteiger partial charge >= 0.3 is 0 Å². The summed E-state index contributed by atoms with van der Waals surface area (Å²) in [7, 11) is 0. The number of hydrogen-bond acceptors (Lipinski definition) is 4. The predicted octanol–water partition coefficient (Wildman–Crippen LogP) is -0.663. The molecule has 5 heteroatoms. The summed E-state index contributed by atoms with van der Waals surface area (Å²) < 4.78 is 0. The smallest absolute Gasteiger partial charge is 0.143 e. The lowest BCUT2D eigenvalue weighted by molar-refractivity contribution is -0.120. The second kappa shape index (κ2) is 4.68. The fourth-order valence-corrected chi connectivity index (χ4v) is 0.503. The minimum absolute atomic E-state index is 0.0138. The van der Waals surface area contributed by atoms with Gasteiger partial charge in [0.25, 0.3) is 0 Å². The van der Waals surface area contributed by atoms with Gasteiger partial charge in [0.2, 0.25) is 0 Å². The Kier molecular flexibility index (Phi) is 4.21. The molecule has 0 fully saturated rings. The lowest BCUT2D eigenvalue weighted by Gasteiger charge is -2.04. The quantitative estimate of drug-likeness (QED) is 0.220. The van der Waals surface area contributed by atoms with Gasteiger partial charge in [-0.1, -0.05) is 13.8 Å².